The summed E-state index contributed by atoms with van der Waals surface area (Å²) in [5, 5.41) is 2.81. The minimum Gasteiger partial charge on any atom is -0.291 e. The van der Waals surface area contributed by atoms with E-state index in [0.717, 1.165) is 0 Å². The molecular formula is C14H9ClN2O2S. The molecule has 0 amide bonds. The maximum absolute atomic E-state index is 12.3. The highest BCUT2D eigenvalue weighted by Gasteiger charge is 2.11. The van der Waals surface area contributed by atoms with Gasteiger partial charge in [0.1, 0.15) is 0 Å². The van der Waals surface area contributed by atoms with Crippen molar-refractivity contribution >= 4 is 39.6 Å². The van der Waals surface area contributed by atoms with Gasteiger partial charge in [0.25, 0.3) is 5.56 Å². The average Bonchev–Trinajstić information content (AvgIpc) is 2.96. The smallest absolute Gasteiger partial charge is 0.261 e. The number of Topliss-reactive ketones (excluding diaryl/α,β-unsaturated/α-hetero) is 1. The van der Waals surface area contributed by atoms with Crippen LogP contribution in [0.15, 0.2) is 46.8 Å². The number of aromatic nitrogens is 2. The fraction of sp³-hybridized carbons (Fsp3) is 0.0714. The van der Waals surface area contributed by atoms with Gasteiger partial charge in [0.15, 0.2) is 5.78 Å². The van der Waals surface area contributed by atoms with Crippen LogP contribution in [0.25, 0.3) is 10.9 Å². The molecule has 3 aromatic rings. The van der Waals surface area contributed by atoms with E-state index in [1.54, 1.807) is 30.3 Å². The summed E-state index contributed by atoms with van der Waals surface area (Å²) in [5.74, 6) is -0.0998. The van der Waals surface area contributed by atoms with Gasteiger partial charge in [-0.15, -0.1) is 11.3 Å². The summed E-state index contributed by atoms with van der Waals surface area (Å²) in [5.41, 5.74) is 0.291. The Morgan fingerprint density at radius 1 is 1.35 bits per heavy atom. The molecular weight excluding hydrogens is 296 g/mol. The Balaban J connectivity index is 2.01. The van der Waals surface area contributed by atoms with Crippen molar-refractivity contribution in [2.45, 2.75) is 6.54 Å². The Morgan fingerprint density at radius 2 is 2.20 bits per heavy atom. The number of hydrogen-bond donors (Lipinski definition) is 0. The molecule has 0 radical (unpaired) electrons. The Bertz CT molecular complexity index is 840. The van der Waals surface area contributed by atoms with Gasteiger partial charge >= 0.3 is 0 Å². The van der Waals surface area contributed by atoms with Gasteiger partial charge in [-0.25, -0.2) is 4.98 Å². The fourth-order valence-electron chi connectivity index (χ4n) is 1.91. The van der Waals surface area contributed by atoms with Gasteiger partial charge in [0, 0.05) is 5.02 Å². The van der Waals surface area contributed by atoms with Crippen LogP contribution in [0.4, 0.5) is 0 Å². The normalized spacial score (nSPS) is 10.8. The van der Waals surface area contributed by atoms with Gasteiger partial charge in [-0.3, -0.25) is 14.2 Å². The first-order valence-electron chi connectivity index (χ1n) is 5.86. The van der Waals surface area contributed by atoms with E-state index >= 15 is 0 Å². The van der Waals surface area contributed by atoms with Crippen LogP contribution in [0.2, 0.25) is 5.02 Å². The van der Waals surface area contributed by atoms with E-state index in [1.165, 1.54) is 22.2 Å². The SMILES string of the molecule is O=C(Cn1cnc2cc(Cl)ccc2c1=O)c1cccs1. The molecule has 2 heterocycles. The van der Waals surface area contributed by atoms with E-state index in [0.29, 0.717) is 20.8 Å². The van der Waals surface area contributed by atoms with Gasteiger partial charge in [-0.2, -0.15) is 0 Å². The van der Waals surface area contributed by atoms with E-state index < -0.39 is 0 Å². The molecule has 0 atom stereocenters. The molecule has 0 saturated carbocycles. The first kappa shape index (κ1) is 13.0. The van der Waals surface area contributed by atoms with Crippen molar-refractivity contribution in [1.82, 2.24) is 9.55 Å². The molecule has 0 aliphatic rings. The van der Waals surface area contributed by atoms with Crippen LogP contribution >= 0.6 is 22.9 Å². The average molecular weight is 305 g/mol. The number of benzene rings is 1. The third kappa shape index (κ3) is 2.37. The monoisotopic (exact) mass is 304 g/mol. The highest BCUT2D eigenvalue weighted by Crippen LogP contribution is 2.14. The molecule has 0 unspecified atom stereocenters. The summed E-state index contributed by atoms with van der Waals surface area (Å²) in [7, 11) is 0. The van der Waals surface area contributed by atoms with E-state index in [4.69, 9.17) is 11.6 Å². The largest absolute Gasteiger partial charge is 0.291 e. The van der Waals surface area contributed by atoms with Crippen LogP contribution in [0.5, 0.6) is 0 Å². The summed E-state index contributed by atoms with van der Waals surface area (Å²) in [4.78, 5) is 29.1. The Labute approximate surface area is 123 Å². The van der Waals surface area contributed by atoms with Crippen molar-refractivity contribution in [3.8, 4) is 0 Å². The maximum atomic E-state index is 12.3. The number of hydrogen-bond acceptors (Lipinski definition) is 4. The highest BCUT2D eigenvalue weighted by molar-refractivity contribution is 7.12. The predicted molar refractivity (Wildman–Crippen MR) is 79.7 cm³/mol. The minimum atomic E-state index is -0.239. The molecule has 0 spiro atoms. The second-order valence-corrected chi connectivity index (χ2v) is 5.62. The maximum Gasteiger partial charge on any atom is 0.261 e. The zero-order valence-corrected chi connectivity index (χ0v) is 11.8. The number of carbonyl (C=O) groups excluding carboxylic acids is 1. The molecule has 0 aliphatic carbocycles. The topological polar surface area (TPSA) is 52.0 Å². The third-order valence-electron chi connectivity index (χ3n) is 2.90. The molecule has 0 fully saturated rings. The molecule has 0 bridgehead atoms. The molecule has 4 nitrogen and oxygen atoms in total. The molecule has 0 aliphatic heterocycles. The second-order valence-electron chi connectivity index (χ2n) is 4.24. The lowest BCUT2D eigenvalue weighted by Gasteiger charge is -2.05. The van der Waals surface area contributed by atoms with Crippen molar-refractivity contribution in [2.75, 3.05) is 0 Å². The number of carbonyl (C=O) groups is 1. The summed E-state index contributed by atoms with van der Waals surface area (Å²) in [6, 6.07) is 8.44. The standard InChI is InChI=1S/C14H9ClN2O2S/c15-9-3-4-10-11(6-9)16-8-17(14(10)19)7-12(18)13-2-1-5-20-13/h1-6,8H,7H2. The van der Waals surface area contributed by atoms with Crippen molar-refractivity contribution in [2.24, 2.45) is 0 Å². The van der Waals surface area contributed by atoms with Crippen molar-refractivity contribution in [3.05, 3.63) is 62.3 Å². The van der Waals surface area contributed by atoms with Crippen LogP contribution in [-0.2, 0) is 6.54 Å². The van der Waals surface area contributed by atoms with Crippen molar-refractivity contribution in [1.29, 1.82) is 0 Å². The summed E-state index contributed by atoms with van der Waals surface area (Å²) in [6.45, 7) is -0.00901. The molecule has 3 rings (SSSR count). The highest BCUT2D eigenvalue weighted by atomic mass is 35.5. The summed E-state index contributed by atoms with van der Waals surface area (Å²) >= 11 is 7.22. The second kappa shape index (κ2) is 5.19. The van der Waals surface area contributed by atoms with E-state index in [9.17, 15) is 9.59 Å². The quantitative estimate of drug-likeness (QED) is 0.699. The van der Waals surface area contributed by atoms with E-state index in [-0.39, 0.29) is 17.9 Å². The van der Waals surface area contributed by atoms with E-state index in [1.807, 2.05) is 5.38 Å². The summed E-state index contributed by atoms with van der Waals surface area (Å²) < 4.78 is 1.32. The van der Waals surface area contributed by atoms with Crippen LogP contribution in [-0.4, -0.2) is 15.3 Å². The summed E-state index contributed by atoms with van der Waals surface area (Å²) in [6.07, 6.45) is 1.38. The first-order chi connectivity index (χ1) is 9.65. The molecule has 6 heteroatoms. The van der Waals surface area contributed by atoms with Gasteiger partial charge < -0.3 is 0 Å². The lowest BCUT2D eigenvalue weighted by molar-refractivity contribution is 0.0974. The van der Waals surface area contributed by atoms with Gasteiger partial charge in [-0.05, 0) is 29.6 Å². The van der Waals surface area contributed by atoms with Gasteiger partial charge in [0.05, 0.1) is 28.7 Å². The molecule has 1 aromatic carbocycles. The van der Waals surface area contributed by atoms with Gasteiger partial charge in [-0.1, -0.05) is 17.7 Å². The Hall–Kier alpha value is -1.98. The molecule has 20 heavy (non-hydrogen) atoms. The van der Waals surface area contributed by atoms with Crippen molar-refractivity contribution < 1.29 is 4.79 Å². The van der Waals surface area contributed by atoms with Crippen molar-refractivity contribution in [3.63, 3.8) is 0 Å². The number of nitrogens with zero attached hydrogens (tertiary/aromatic N) is 2. The zero-order chi connectivity index (χ0) is 14.1. The third-order valence-corrected chi connectivity index (χ3v) is 4.04. The van der Waals surface area contributed by atoms with Crippen LogP contribution < -0.4 is 5.56 Å². The lowest BCUT2D eigenvalue weighted by Crippen LogP contribution is -2.24. The number of thiophene rings is 1. The molecule has 0 saturated heterocycles. The van der Waals surface area contributed by atoms with Crippen LogP contribution in [0, 0.1) is 0 Å². The lowest BCUT2D eigenvalue weighted by atomic mass is 10.2. The molecule has 100 valence electrons. The fourth-order valence-corrected chi connectivity index (χ4v) is 2.74. The number of fused-ring (bicyclic) bond motifs is 1. The van der Waals surface area contributed by atoms with Crippen LogP contribution in [0.3, 0.4) is 0 Å². The predicted octanol–water partition coefficient (Wildman–Crippen LogP) is 2.99. The number of halogens is 1. The minimum absolute atomic E-state index is 0.00901. The van der Waals surface area contributed by atoms with Gasteiger partial charge in [0.2, 0.25) is 0 Å². The molecule has 2 aromatic heterocycles. The molecule has 0 N–H and O–H groups in total. The Kier molecular flexibility index (Phi) is 3.38. The zero-order valence-electron chi connectivity index (χ0n) is 10.2. The van der Waals surface area contributed by atoms with Crippen LogP contribution in [0.1, 0.15) is 9.67 Å². The first-order valence-corrected chi connectivity index (χ1v) is 7.12. The number of ketones is 1. The van der Waals surface area contributed by atoms with E-state index in [2.05, 4.69) is 4.98 Å². The Morgan fingerprint density at radius 3 is 2.95 bits per heavy atom. The number of rotatable bonds is 3.